The number of hydrogen-bond acceptors (Lipinski definition) is 4. The van der Waals surface area contributed by atoms with E-state index in [1.54, 1.807) is 6.33 Å². The smallest absolute Gasteiger partial charge is 0.188 e. The van der Waals surface area contributed by atoms with Gasteiger partial charge in [-0.3, -0.25) is 9.98 Å². The van der Waals surface area contributed by atoms with Crippen molar-refractivity contribution in [1.29, 1.82) is 0 Å². The molecular formula is C16H24N6S. The number of imidazole rings is 1. The standard InChI is InChI=1S/C16H24N6S/c1-13-15(22-12-21-13)6-4-8-19-16(17)20-9-10-23-11-14-5-2-3-7-18-14/h2-3,5,7,12H,4,6,8-11H2,1H3,(H,21,22)(H3,17,19,20). The van der Waals surface area contributed by atoms with E-state index in [0.717, 1.165) is 48.0 Å². The second kappa shape index (κ2) is 9.89. The first-order chi connectivity index (χ1) is 11.3. The highest BCUT2D eigenvalue weighted by molar-refractivity contribution is 7.98. The summed E-state index contributed by atoms with van der Waals surface area (Å²) in [5.74, 6) is 2.41. The first-order valence-corrected chi connectivity index (χ1v) is 8.91. The van der Waals surface area contributed by atoms with Gasteiger partial charge in [0.1, 0.15) is 0 Å². The van der Waals surface area contributed by atoms with E-state index in [-0.39, 0.29) is 0 Å². The van der Waals surface area contributed by atoms with E-state index in [1.807, 2.05) is 43.1 Å². The first-order valence-electron chi connectivity index (χ1n) is 7.76. The zero-order valence-electron chi connectivity index (χ0n) is 13.5. The molecule has 124 valence electrons. The molecule has 0 saturated carbocycles. The van der Waals surface area contributed by atoms with Gasteiger partial charge < -0.3 is 16.0 Å². The average Bonchev–Trinajstić information content (AvgIpc) is 2.97. The molecule has 0 unspecified atom stereocenters. The predicted molar refractivity (Wildman–Crippen MR) is 96.5 cm³/mol. The van der Waals surface area contributed by atoms with Crippen LogP contribution in [0.3, 0.4) is 0 Å². The lowest BCUT2D eigenvalue weighted by atomic mass is 10.2. The van der Waals surface area contributed by atoms with Gasteiger partial charge in [-0.15, -0.1) is 0 Å². The zero-order valence-corrected chi connectivity index (χ0v) is 14.3. The molecule has 0 aromatic carbocycles. The van der Waals surface area contributed by atoms with E-state index in [9.17, 15) is 0 Å². The Morgan fingerprint density at radius 3 is 3.04 bits per heavy atom. The first kappa shape index (κ1) is 17.3. The number of H-pyrrole nitrogens is 1. The Bertz CT molecular complexity index is 596. The maximum Gasteiger partial charge on any atom is 0.188 e. The molecule has 2 heterocycles. The third-order valence-electron chi connectivity index (χ3n) is 3.32. The van der Waals surface area contributed by atoms with Crippen LogP contribution in [0, 0.1) is 6.92 Å². The molecule has 2 aromatic rings. The number of pyridine rings is 1. The van der Waals surface area contributed by atoms with Crippen LogP contribution in [-0.2, 0) is 12.2 Å². The summed E-state index contributed by atoms with van der Waals surface area (Å²) in [5.41, 5.74) is 9.19. The summed E-state index contributed by atoms with van der Waals surface area (Å²) in [7, 11) is 0. The van der Waals surface area contributed by atoms with Crippen LogP contribution < -0.4 is 11.1 Å². The van der Waals surface area contributed by atoms with Gasteiger partial charge in [0.25, 0.3) is 0 Å². The summed E-state index contributed by atoms with van der Waals surface area (Å²) >= 11 is 1.83. The van der Waals surface area contributed by atoms with Gasteiger partial charge in [0.2, 0.25) is 0 Å². The highest BCUT2D eigenvalue weighted by atomic mass is 32.2. The van der Waals surface area contributed by atoms with Crippen LogP contribution in [0.25, 0.3) is 0 Å². The Morgan fingerprint density at radius 2 is 2.30 bits per heavy atom. The second-order valence-corrected chi connectivity index (χ2v) is 6.25. The maximum atomic E-state index is 5.85. The normalized spacial score (nSPS) is 11.6. The highest BCUT2D eigenvalue weighted by Gasteiger charge is 2.00. The molecule has 0 aliphatic carbocycles. The van der Waals surface area contributed by atoms with Crippen LogP contribution in [0.2, 0.25) is 0 Å². The Labute approximate surface area is 141 Å². The summed E-state index contributed by atoms with van der Waals surface area (Å²) < 4.78 is 0. The molecule has 0 bridgehead atoms. The van der Waals surface area contributed by atoms with E-state index in [2.05, 4.69) is 25.3 Å². The summed E-state index contributed by atoms with van der Waals surface area (Å²) in [6.45, 7) is 3.56. The van der Waals surface area contributed by atoms with E-state index >= 15 is 0 Å². The van der Waals surface area contributed by atoms with Crippen molar-refractivity contribution in [2.24, 2.45) is 10.7 Å². The number of rotatable bonds is 9. The summed E-state index contributed by atoms with van der Waals surface area (Å²) in [4.78, 5) is 16.0. The molecular weight excluding hydrogens is 308 g/mol. The SMILES string of the molecule is Cc1[nH]cnc1CCCN=C(N)NCCSCc1ccccn1. The number of guanidine groups is 1. The van der Waals surface area contributed by atoms with Crippen LogP contribution in [0.5, 0.6) is 0 Å². The molecule has 23 heavy (non-hydrogen) atoms. The lowest BCUT2D eigenvalue weighted by molar-refractivity contribution is 0.801. The molecule has 4 N–H and O–H groups in total. The number of aromatic nitrogens is 3. The summed E-state index contributed by atoms with van der Waals surface area (Å²) in [6, 6.07) is 5.98. The van der Waals surface area contributed by atoms with Crippen molar-refractivity contribution in [2.75, 3.05) is 18.8 Å². The largest absolute Gasteiger partial charge is 0.370 e. The topological polar surface area (TPSA) is 92.0 Å². The fraction of sp³-hybridized carbons (Fsp3) is 0.438. The fourth-order valence-electron chi connectivity index (χ4n) is 2.05. The van der Waals surface area contributed by atoms with Crippen LogP contribution in [0.4, 0.5) is 0 Å². The van der Waals surface area contributed by atoms with Gasteiger partial charge in [-0.05, 0) is 31.9 Å². The van der Waals surface area contributed by atoms with Gasteiger partial charge in [-0.25, -0.2) is 4.98 Å². The van der Waals surface area contributed by atoms with Gasteiger partial charge in [0.15, 0.2) is 5.96 Å². The molecule has 2 aromatic heterocycles. The number of hydrogen-bond donors (Lipinski definition) is 3. The molecule has 0 aliphatic rings. The summed E-state index contributed by atoms with van der Waals surface area (Å²) in [5, 5.41) is 3.14. The van der Waals surface area contributed by atoms with Crippen LogP contribution in [-0.4, -0.2) is 39.8 Å². The summed E-state index contributed by atoms with van der Waals surface area (Å²) in [6.07, 6.45) is 5.42. The molecule has 0 spiro atoms. The van der Waals surface area contributed by atoms with Gasteiger partial charge in [-0.1, -0.05) is 6.07 Å². The monoisotopic (exact) mass is 332 g/mol. The Balaban J connectivity index is 1.52. The van der Waals surface area contributed by atoms with E-state index in [0.29, 0.717) is 12.5 Å². The number of nitrogens with two attached hydrogens (primary N) is 1. The van der Waals surface area contributed by atoms with E-state index < -0.39 is 0 Å². The predicted octanol–water partition coefficient (Wildman–Crippen LogP) is 1.88. The number of aromatic amines is 1. The lowest BCUT2D eigenvalue weighted by Crippen LogP contribution is -2.33. The molecule has 0 radical (unpaired) electrons. The average molecular weight is 332 g/mol. The van der Waals surface area contributed by atoms with Crippen molar-refractivity contribution in [3.8, 4) is 0 Å². The van der Waals surface area contributed by atoms with Crippen molar-refractivity contribution >= 4 is 17.7 Å². The third-order valence-corrected chi connectivity index (χ3v) is 4.31. The van der Waals surface area contributed by atoms with E-state index in [4.69, 9.17) is 5.73 Å². The molecule has 0 atom stereocenters. The van der Waals surface area contributed by atoms with Crippen LogP contribution in [0.15, 0.2) is 35.7 Å². The van der Waals surface area contributed by atoms with Gasteiger partial charge in [0.05, 0.1) is 17.7 Å². The van der Waals surface area contributed by atoms with Crippen LogP contribution >= 0.6 is 11.8 Å². The van der Waals surface area contributed by atoms with Crippen molar-refractivity contribution < 1.29 is 0 Å². The number of nitrogens with zero attached hydrogens (tertiary/aromatic N) is 3. The molecule has 7 heteroatoms. The van der Waals surface area contributed by atoms with E-state index in [1.165, 1.54) is 0 Å². The van der Waals surface area contributed by atoms with Gasteiger partial charge >= 0.3 is 0 Å². The van der Waals surface area contributed by atoms with Gasteiger partial charge in [-0.2, -0.15) is 11.8 Å². The zero-order chi connectivity index (χ0) is 16.3. The Kier molecular flexibility index (Phi) is 7.45. The fourth-order valence-corrected chi connectivity index (χ4v) is 2.82. The number of aryl methyl sites for hydroxylation is 2. The van der Waals surface area contributed by atoms with Crippen molar-refractivity contribution in [2.45, 2.75) is 25.5 Å². The molecule has 0 aliphatic heterocycles. The number of thioether (sulfide) groups is 1. The maximum absolute atomic E-state index is 5.85. The minimum absolute atomic E-state index is 0.516. The molecule has 0 saturated heterocycles. The molecule has 0 fully saturated rings. The molecule has 2 rings (SSSR count). The molecule has 0 amide bonds. The van der Waals surface area contributed by atoms with Crippen LogP contribution in [0.1, 0.15) is 23.5 Å². The Morgan fingerprint density at radius 1 is 1.39 bits per heavy atom. The quantitative estimate of drug-likeness (QED) is 0.370. The number of aliphatic imine (C=N–C) groups is 1. The minimum Gasteiger partial charge on any atom is -0.370 e. The number of nitrogens with one attached hydrogen (secondary N) is 2. The molecule has 6 nitrogen and oxygen atoms in total. The minimum atomic E-state index is 0.516. The van der Waals surface area contributed by atoms with Gasteiger partial charge in [0, 0.05) is 36.5 Å². The second-order valence-electron chi connectivity index (χ2n) is 5.15. The Hall–Kier alpha value is -2.02. The third kappa shape index (κ3) is 6.73. The van der Waals surface area contributed by atoms with Crippen molar-refractivity contribution in [1.82, 2.24) is 20.3 Å². The van der Waals surface area contributed by atoms with Crippen molar-refractivity contribution in [3.05, 3.63) is 47.8 Å². The lowest BCUT2D eigenvalue weighted by Gasteiger charge is -2.05. The highest BCUT2D eigenvalue weighted by Crippen LogP contribution is 2.08. The van der Waals surface area contributed by atoms with Crippen molar-refractivity contribution in [3.63, 3.8) is 0 Å².